The van der Waals surface area contributed by atoms with E-state index in [0.717, 1.165) is 5.39 Å². The molecule has 0 aliphatic heterocycles. The van der Waals surface area contributed by atoms with Crippen molar-refractivity contribution in [2.45, 2.75) is 10.9 Å². The molecule has 0 saturated carbocycles. The zero-order valence-corrected chi connectivity index (χ0v) is 13.2. The van der Waals surface area contributed by atoms with Crippen LogP contribution in [-0.4, -0.2) is 19.9 Å². The summed E-state index contributed by atoms with van der Waals surface area (Å²) in [7, 11) is 0. The van der Waals surface area contributed by atoms with Gasteiger partial charge >= 0.3 is 5.63 Å². The Morgan fingerprint density at radius 1 is 1.26 bits per heavy atom. The Bertz CT molecular complexity index is 1080. The van der Waals surface area contributed by atoms with Crippen molar-refractivity contribution in [1.29, 1.82) is 0 Å². The number of benzene rings is 1. The van der Waals surface area contributed by atoms with E-state index in [9.17, 15) is 4.79 Å². The van der Waals surface area contributed by atoms with Crippen molar-refractivity contribution in [3.05, 3.63) is 57.8 Å². The average molecular weight is 345 g/mol. The topological polar surface area (TPSA) is 84.7 Å². The van der Waals surface area contributed by atoms with E-state index in [0.29, 0.717) is 33.2 Å². The van der Waals surface area contributed by atoms with Crippen molar-refractivity contribution in [3.63, 3.8) is 0 Å². The summed E-state index contributed by atoms with van der Waals surface area (Å²) in [5, 5.41) is 1.69. The quantitative estimate of drug-likeness (QED) is 0.348. The van der Waals surface area contributed by atoms with E-state index < -0.39 is 0 Å². The fourth-order valence-electron chi connectivity index (χ4n) is 2.18. The van der Waals surface area contributed by atoms with Gasteiger partial charge in [0.05, 0.1) is 6.20 Å². The number of H-pyrrole nitrogens is 1. The van der Waals surface area contributed by atoms with Crippen molar-refractivity contribution in [3.8, 4) is 0 Å². The molecule has 6 nitrogen and oxygen atoms in total. The predicted octanol–water partition coefficient (Wildman–Crippen LogP) is 3.41. The lowest BCUT2D eigenvalue weighted by Crippen LogP contribution is -2.05. The zero-order chi connectivity index (χ0) is 15.8. The lowest BCUT2D eigenvalue weighted by molar-refractivity contribution is 0.554. The molecule has 3 heterocycles. The minimum atomic E-state index is -0.338. The molecule has 0 spiro atoms. The summed E-state index contributed by atoms with van der Waals surface area (Å²) in [6.07, 6.45) is 1.58. The number of nitrogens with one attached hydrogen (secondary N) is 1. The fourth-order valence-corrected chi connectivity index (χ4v) is 3.14. The maximum Gasteiger partial charge on any atom is 0.340 e. The van der Waals surface area contributed by atoms with Gasteiger partial charge in [-0.3, -0.25) is 0 Å². The summed E-state index contributed by atoms with van der Waals surface area (Å²) in [6.45, 7) is 0. The van der Waals surface area contributed by atoms with Crippen molar-refractivity contribution < 1.29 is 4.42 Å². The SMILES string of the molecule is O=c1oc2ccccc2cc1CSc1nc2nc(Cl)ncc2[nH]1. The number of hydrogen-bond acceptors (Lipinski definition) is 6. The van der Waals surface area contributed by atoms with Crippen molar-refractivity contribution in [2.24, 2.45) is 0 Å². The monoisotopic (exact) mass is 344 g/mol. The highest BCUT2D eigenvalue weighted by Gasteiger charge is 2.09. The van der Waals surface area contributed by atoms with Crippen LogP contribution in [-0.2, 0) is 5.75 Å². The third-order valence-corrected chi connectivity index (χ3v) is 4.37. The molecule has 1 aromatic carbocycles. The normalized spacial score (nSPS) is 11.3. The Balaban J connectivity index is 1.62. The Kier molecular flexibility index (Phi) is 3.51. The zero-order valence-electron chi connectivity index (χ0n) is 11.6. The van der Waals surface area contributed by atoms with Gasteiger partial charge in [-0.05, 0) is 23.7 Å². The molecule has 0 radical (unpaired) electrons. The van der Waals surface area contributed by atoms with E-state index in [1.165, 1.54) is 11.8 Å². The van der Waals surface area contributed by atoms with Crippen LogP contribution in [0.1, 0.15) is 5.56 Å². The number of para-hydroxylation sites is 1. The number of aromatic amines is 1. The Morgan fingerprint density at radius 3 is 3.04 bits per heavy atom. The van der Waals surface area contributed by atoms with E-state index in [1.807, 2.05) is 24.3 Å². The molecular formula is C15H9ClN4O2S. The van der Waals surface area contributed by atoms with Gasteiger partial charge in [0, 0.05) is 16.7 Å². The van der Waals surface area contributed by atoms with Gasteiger partial charge in [-0.25, -0.2) is 14.8 Å². The lowest BCUT2D eigenvalue weighted by atomic mass is 10.2. The first kappa shape index (κ1) is 14.2. The van der Waals surface area contributed by atoms with Crippen LogP contribution in [0, 0.1) is 0 Å². The van der Waals surface area contributed by atoms with Crippen LogP contribution >= 0.6 is 23.4 Å². The largest absolute Gasteiger partial charge is 0.423 e. The molecule has 114 valence electrons. The molecular weight excluding hydrogens is 336 g/mol. The summed E-state index contributed by atoms with van der Waals surface area (Å²) in [6, 6.07) is 9.26. The molecule has 0 aliphatic rings. The molecule has 0 fully saturated rings. The third-order valence-electron chi connectivity index (χ3n) is 3.27. The van der Waals surface area contributed by atoms with Crippen molar-refractivity contribution in [1.82, 2.24) is 19.9 Å². The second-order valence-corrected chi connectivity index (χ2v) is 6.11. The first-order valence-corrected chi connectivity index (χ1v) is 8.08. The third kappa shape index (κ3) is 2.80. The van der Waals surface area contributed by atoms with E-state index >= 15 is 0 Å². The molecule has 0 unspecified atom stereocenters. The predicted molar refractivity (Wildman–Crippen MR) is 88.7 cm³/mol. The molecule has 0 amide bonds. The Labute approximate surface area is 138 Å². The summed E-state index contributed by atoms with van der Waals surface area (Å²) in [5.74, 6) is 0.439. The number of thioether (sulfide) groups is 1. The number of imidazole rings is 1. The van der Waals surface area contributed by atoms with Gasteiger partial charge in [-0.15, -0.1) is 0 Å². The number of fused-ring (bicyclic) bond motifs is 2. The van der Waals surface area contributed by atoms with Crippen LogP contribution in [0.15, 0.2) is 50.9 Å². The maximum absolute atomic E-state index is 12.0. The van der Waals surface area contributed by atoms with Gasteiger partial charge in [0.1, 0.15) is 11.1 Å². The number of nitrogens with zero attached hydrogens (tertiary/aromatic N) is 3. The number of aromatic nitrogens is 4. The van der Waals surface area contributed by atoms with Gasteiger partial charge in [-0.2, -0.15) is 4.98 Å². The van der Waals surface area contributed by atoms with Crippen LogP contribution < -0.4 is 5.63 Å². The number of rotatable bonds is 3. The first-order chi connectivity index (χ1) is 11.2. The molecule has 0 bridgehead atoms. The molecule has 3 aromatic heterocycles. The Hall–Kier alpha value is -2.38. The highest BCUT2D eigenvalue weighted by molar-refractivity contribution is 7.98. The van der Waals surface area contributed by atoms with Crippen LogP contribution in [0.2, 0.25) is 5.28 Å². The van der Waals surface area contributed by atoms with E-state index in [2.05, 4.69) is 19.9 Å². The van der Waals surface area contributed by atoms with Crippen LogP contribution in [0.4, 0.5) is 0 Å². The molecule has 4 aromatic rings. The van der Waals surface area contributed by atoms with Gasteiger partial charge in [0.15, 0.2) is 10.8 Å². The minimum absolute atomic E-state index is 0.149. The minimum Gasteiger partial charge on any atom is -0.423 e. The molecule has 23 heavy (non-hydrogen) atoms. The van der Waals surface area contributed by atoms with E-state index in [-0.39, 0.29) is 10.9 Å². The summed E-state index contributed by atoms with van der Waals surface area (Å²) in [4.78, 5) is 27.4. The number of hydrogen-bond donors (Lipinski definition) is 1. The highest BCUT2D eigenvalue weighted by Crippen LogP contribution is 2.23. The summed E-state index contributed by atoms with van der Waals surface area (Å²) in [5.41, 5.74) is 2.02. The lowest BCUT2D eigenvalue weighted by Gasteiger charge is -2.00. The molecule has 0 saturated heterocycles. The van der Waals surface area contributed by atoms with E-state index in [1.54, 1.807) is 12.3 Å². The molecule has 0 aliphatic carbocycles. The smallest absolute Gasteiger partial charge is 0.340 e. The van der Waals surface area contributed by atoms with Gasteiger partial charge < -0.3 is 9.40 Å². The van der Waals surface area contributed by atoms with Gasteiger partial charge in [-0.1, -0.05) is 30.0 Å². The van der Waals surface area contributed by atoms with Gasteiger partial charge in [0.25, 0.3) is 0 Å². The van der Waals surface area contributed by atoms with E-state index in [4.69, 9.17) is 16.0 Å². The average Bonchev–Trinajstić information content (AvgIpc) is 2.94. The molecule has 8 heteroatoms. The Morgan fingerprint density at radius 2 is 2.13 bits per heavy atom. The first-order valence-electron chi connectivity index (χ1n) is 6.72. The molecule has 4 rings (SSSR count). The second kappa shape index (κ2) is 5.68. The van der Waals surface area contributed by atoms with Crippen LogP contribution in [0.3, 0.4) is 0 Å². The maximum atomic E-state index is 12.0. The molecule has 1 N–H and O–H groups in total. The van der Waals surface area contributed by atoms with Crippen molar-refractivity contribution in [2.75, 3.05) is 0 Å². The molecule has 0 atom stereocenters. The van der Waals surface area contributed by atoms with Crippen molar-refractivity contribution >= 4 is 45.5 Å². The highest BCUT2D eigenvalue weighted by atomic mass is 35.5. The summed E-state index contributed by atoms with van der Waals surface area (Å²) < 4.78 is 5.32. The van der Waals surface area contributed by atoms with Gasteiger partial charge in [0.2, 0.25) is 5.28 Å². The standard InChI is InChI=1S/C15H9ClN4O2S/c16-14-17-6-10-12(19-14)20-15(18-10)23-7-9-5-8-3-1-2-4-11(8)22-13(9)21/h1-6H,7H2,(H,17,18,19,20). The van der Waals surface area contributed by atoms with Crippen LogP contribution in [0.25, 0.3) is 22.1 Å². The second-order valence-electron chi connectivity index (χ2n) is 4.80. The summed E-state index contributed by atoms with van der Waals surface area (Å²) >= 11 is 7.13. The van der Waals surface area contributed by atoms with Crippen LogP contribution in [0.5, 0.6) is 0 Å². The number of halogens is 1. The fraction of sp³-hybridized carbons (Fsp3) is 0.0667.